The van der Waals surface area contributed by atoms with E-state index < -0.39 is 18.3 Å². The van der Waals surface area contributed by atoms with Gasteiger partial charge in [-0.2, -0.15) is 0 Å². The quantitative estimate of drug-likeness (QED) is 0.580. The molecule has 0 amide bonds. The van der Waals surface area contributed by atoms with E-state index in [1.807, 2.05) is 25.1 Å². The Kier molecular flexibility index (Phi) is 6.84. The van der Waals surface area contributed by atoms with E-state index >= 15 is 0 Å². The fourth-order valence-corrected chi connectivity index (χ4v) is 3.40. The fraction of sp³-hybridized carbons (Fsp3) is 0.348. The summed E-state index contributed by atoms with van der Waals surface area (Å²) in [5.74, 6) is 0.251. The summed E-state index contributed by atoms with van der Waals surface area (Å²) in [7, 11) is 0. The third kappa shape index (κ3) is 4.68. The molecule has 2 unspecified atom stereocenters. The summed E-state index contributed by atoms with van der Waals surface area (Å²) in [4.78, 5) is 28.9. The summed E-state index contributed by atoms with van der Waals surface area (Å²) in [6.45, 7) is 5.86. The van der Waals surface area contributed by atoms with Crippen LogP contribution in [0.15, 0.2) is 53.3 Å². The molecule has 3 rings (SSSR count). The third-order valence-corrected chi connectivity index (χ3v) is 4.86. The van der Waals surface area contributed by atoms with Gasteiger partial charge in [0, 0.05) is 19.4 Å². The van der Waals surface area contributed by atoms with Crippen molar-refractivity contribution in [3.8, 4) is 5.75 Å². The van der Waals surface area contributed by atoms with Crippen molar-refractivity contribution in [2.75, 3.05) is 6.61 Å². The van der Waals surface area contributed by atoms with Crippen LogP contribution in [-0.2, 0) is 22.4 Å². The molecule has 0 radical (unpaired) electrons. The second-order valence-corrected chi connectivity index (χ2v) is 6.92. The number of aryl methyl sites for hydroxylation is 1. The topological polar surface area (TPSA) is 90.7 Å². The van der Waals surface area contributed by atoms with E-state index in [1.165, 1.54) is 0 Å². The highest BCUT2D eigenvalue weighted by molar-refractivity contribution is 5.77. The average Bonchev–Trinajstić information content (AvgIpc) is 2.74. The lowest BCUT2D eigenvalue weighted by Gasteiger charge is -2.21. The fourth-order valence-electron chi connectivity index (χ4n) is 3.40. The number of rotatable bonds is 9. The normalized spacial score (nSPS) is 13.2. The predicted molar refractivity (Wildman–Crippen MR) is 114 cm³/mol. The van der Waals surface area contributed by atoms with Crippen molar-refractivity contribution in [2.24, 2.45) is 0 Å². The Labute approximate surface area is 174 Å². The molecule has 2 atom stereocenters. The number of carboxylic acids is 1. The molecular weight excluding hydrogens is 384 g/mol. The van der Waals surface area contributed by atoms with Crippen LogP contribution in [0.3, 0.4) is 0 Å². The maximum absolute atomic E-state index is 13.0. The Bertz CT molecular complexity index is 1080. The van der Waals surface area contributed by atoms with E-state index in [-0.39, 0.29) is 12.0 Å². The van der Waals surface area contributed by atoms with Crippen LogP contribution in [0.1, 0.15) is 38.4 Å². The van der Waals surface area contributed by atoms with Crippen molar-refractivity contribution in [3.05, 3.63) is 70.3 Å². The Morgan fingerprint density at radius 1 is 1.13 bits per heavy atom. The van der Waals surface area contributed by atoms with Crippen LogP contribution in [0, 0.1) is 0 Å². The maximum atomic E-state index is 13.0. The minimum absolute atomic E-state index is 0.136. The summed E-state index contributed by atoms with van der Waals surface area (Å²) in [6.07, 6.45) is -0.561. The standard InChI is InChI=1S/C23H26N2O5/c1-4-21-24-19-9-7-6-8-18(19)22(26)25(21)15(3)30-17-12-10-16(11-13-17)14-20(23(27)28)29-5-2/h6-13,15,20H,4-5,14H2,1-3H3,(H,27,28). The van der Waals surface area contributed by atoms with Crippen LogP contribution < -0.4 is 10.3 Å². The molecular formula is C23H26N2O5. The second-order valence-electron chi connectivity index (χ2n) is 6.92. The Hall–Kier alpha value is -3.19. The molecule has 1 heterocycles. The number of fused-ring (bicyclic) bond motifs is 1. The molecule has 0 aliphatic rings. The highest BCUT2D eigenvalue weighted by atomic mass is 16.5. The minimum atomic E-state index is -0.985. The number of aromatic nitrogens is 2. The Balaban J connectivity index is 1.81. The molecule has 0 spiro atoms. The van der Waals surface area contributed by atoms with Crippen molar-refractivity contribution in [3.63, 3.8) is 0 Å². The summed E-state index contributed by atoms with van der Waals surface area (Å²) < 4.78 is 12.8. The molecule has 0 saturated carbocycles. The number of ether oxygens (including phenoxy) is 2. The van der Waals surface area contributed by atoms with Crippen LogP contribution >= 0.6 is 0 Å². The lowest BCUT2D eigenvalue weighted by Crippen LogP contribution is -2.30. The van der Waals surface area contributed by atoms with Crippen molar-refractivity contribution in [1.29, 1.82) is 0 Å². The maximum Gasteiger partial charge on any atom is 0.333 e. The minimum Gasteiger partial charge on any atom is -0.479 e. The first-order valence-corrected chi connectivity index (χ1v) is 10.0. The number of benzene rings is 2. The smallest absolute Gasteiger partial charge is 0.333 e. The van der Waals surface area contributed by atoms with E-state index in [0.29, 0.717) is 35.5 Å². The van der Waals surface area contributed by atoms with E-state index in [4.69, 9.17) is 9.47 Å². The Morgan fingerprint density at radius 3 is 2.47 bits per heavy atom. The number of para-hydroxylation sites is 1. The van der Waals surface area contributed by atoms with E-state index in [2.05, 4.69) is 4.98 Å². The lowest BCUT2D eigenvalue weighted by molar-refractivity contribution is -0.149. The van der Waals surface area contributed by atoms with Crippen LogP contribution in [0.2, 0.25) is 0 Å². The molecule has 0 aliphatic heterocycles. The van der Waals surface area contributed by atoms with Gasteiger partial charge in [-0.3, -0.25) is 9.36 Å². The largest absolute Gasteiger partial charge is 0.479 e. The van der Waals surface area contributed by atoms with Crippen molar-refractivity contribution >= 4 is 16.9 Å². The van der Waals surface area contributed by atoms with Gasteiger partial charge in [0.1, 0.15) is 11.6 Å². The zero-order valence-electron chi connectivity index (χ0n) is 17.4. The van der Waals surface area contributed by atoms with Crippen LogP contribution in [0.25, 0.3) is 10.9 Å². The van der Waals surface area contributed by atoms with Gasteiger partial charge in [-0.05, 0) is 43.7 Å². The highest BCUT2D eigenvalue weighted by Crippen LogP contribution is 2.20. The molecule has 0 fully saturated rings. The van der Waals surface area contributed by atoms with Gasteiger partial charge in [-0.1, -0.05) is 31.2 Å². The van der Waals surface area contributed by atoms with Gasteiger partial charge < -0.3 is 14.6 Å². The number of carbonyl (C=O) groups is 1. The molecule has 3 aromatic rings. The molecule has 0 saturated heterocycles. The van der Waals surface area contributed by atoms with Crippen LogP contribution in [0.4, 0.5) is 0 Å². The van der Waals surface area contributed by atoms with Gasteiger partial charge in [-0.25, -0.2) is 9.78 Å². The molecule has 30 heavy (non-hydrogen) atoms. The van der Waals surface area contributed by atoms with Gasteiger partial charge in [0.15, 0.2) is 12.3 Å². The molecule has 0 bridgehead atoms. The van der Waals surface area contributed by atoms with Gasteiger partial charge in [-0.15, -0.1) is 0 Å². The zero-order chi connectivity index (χ0) is 21.7. The Morgan fingerprint density at radius 2 is 1.83 bits per heavy atom. The van der Waals surface area contributed by atoms with E-state index in [9.17, 15) is 14.7 Å². The summed E-state index contributed by atoms with van der Waals surface area (Å²) in [5, 5.41) is 9.78. The SMILES string of the molecule is CCOC(Cc1ccc(OC(C)n2c(CC)nc3ccccc3c2=O)cc1)C(=O)O. The highest BCUT2D eigenvalue weighted by Gasteiger charge is 2.19. The number of hydrogen-bond acceptors (Lipinski definition) is 5. The number of carboxylic acid groups (broad SMARTS) is 1. The van der Waals surface area contributed by atoms with Crippen LogP contribution in [0.5, 0.6) is 5.75 Å². The van der Waals surface area contributed by atoms with E-state index in [1.54, 1.807) is 48.7 Å². The predicted octanol–water partition coefficient (Wildman–Crippen LogP) is 3.59. The van der Waals surface area contributed by atoms with Gasteiger partial charge >= 0.3 is 5.97 Å². The summed E-state index contributed by atoms with van der Waals surface area (Å²) in [5.41, 5.74) is 1.37. The van der Waals surface area contributed by atoms with Crippen LogP contribution in [-0.4, -0.2) is 33.3 Å². The molecule has 1 aromatic heterocycles. The first-order valence-electron chi connectivity index (χ1n) is 10.0. The number of hydrogen-bond donors (Lipinski definition) is 1. The first-order chi connectivity index (χ1) is 14.4. The molecule has 2 aromatic carbocycles. The third-order valence-electron chi connectivity index (χ3n) is 4.86. The van der Waals surface area contributed by atoms with Gasteiger partial charge in [0.2, 0.25) is 0 Å². The molecule has 7 heteroatoms. The molecule has 158 valence electrons. The first kappa shape index (κ1) is 21.5. The lowest BCUT2D eigenvalue weighted by atomic mass is 10.1. The number of nitrogens with zero attached hydrogens (tertiary/aromatic N) is 2. The van der Waals surface area contributed by atoms with Crippen molar-refractivity contribution < 1.29 is 19.4 Å². The zero-order valence-corrected chi connectivity index (χ0v) is 17.4. The average molecular weight is 410 g/mol. The summed E-state index contributed by atoms with van der Waals surface area (Å²) >= 11 is 0. The second kappa shape index (κ2) is 9.54. The molecule has 0 aliphatic carbocycles. The molecule has 1 N–H and O–H groups in total. The van der Waals surface area contributed by atoms with Gasteiger partial charge in [0.05, 0.1) is 10.9 Å². The molecule has 7 nitrogen and oxygen atoms in total. The van der Waals surface area contributed by atoms with E-state index in [0.717, 1.165) is 5.56 Å². The van der Waals surface area contributed by atoms with Gasteiger partial charge in [0.25, 0.3) is 5.56 Å². The summed E-state index contributed by atoms with van der Waals surface area (Å²) in [6, 6.07) is 14.4. The monoisotopic (exact) mass is 410 g/mol. The van der Waals surface area contributed by atoms with Crippen molar-refractivity contribution in [2.45, 2.75) is 45.9 Å². The van der Waals surface area contributed by atoms with Crippen molar-refractivity contribution in [1.82, 2.24) is 9.55 Å². The number of aliphatic carboxylic acids is 1.